The van der Waals surface area contributed by atoms with E-state index < -0.39 is 4.32 Å². The van der Waals surface area contributed by atoms with Gasteiger partial charge in [0, 0.05) is 11.8 Å². The minimum atomic E-state index is -0.689. The van der Waals surface area contributed by atoms with Crippen LogP contribution in [-0.4, -0.2) is 16.4 Å². The summed E-state index contributed by atoms with van der Waals surface area (Å²) >= 11 is 3.90. The van der Waals surface area contributed by atoms with Crippen molar-refractivity contribution in [1.82, 2.24) is 0 Å². The molecule has 2 heterocycles. The number of hydrogen-bond donors (Lipinski definition) is 0. The van der Waals surface area contributed by atoms with E-state index in [1.54, 1.807) is 0 Å². The van der Waals surface area contributed by atoms with Crippen molar-refractivity contribution < 1.29 is 13.9 Å². The highest BCUT2D eigenvalue weighted by Crippen LogP contribution is 2.68. The Morgan fingerprint density at radius 3 is 2.59 bits per heavy atom. The zero-order valence-electron chi connectivity index (χ0n) is 14.6. The maximum Gasteiger partial charge on any atom is 0.324 e. The average molecular weight is 425 g/mol. The number of ether oxygens (including phenoxy) is 1. The number of carbonyl (C=O) groups excluding carboxylic acids is 1. The Morgan fingerprint density at radius 1 is 1.07 bits per heavy atom. The molecular formula is C23H18BrFO2. The van der Waals surface area contributed by atoms with Crippen molar-refractivity contribution in [3.8, 4) is 0 Å². The Bertz CT molecular complexity index is 998. The second-order valence-electron chi connectivity index (χ2n) is 8.18. The third-order valence-electron chi connectivity index (χ3n) is 7.13. The summed E-state index contributed by atoms with van der Waals surface area (Å²) in [5.41, 5.74) is 5.03. The molecule has 4 bridgehead atoms. The third-order valence-corrected chi connectivity index (χ3v) is 8.50. The highest BCUT2D eigenvalue weighted by Gasteiger charge is 2.68. The molecule has 5 aliphatic rings. The number of rotatable bonds is 1. The van der Waals surface area contributed by atoms with Gasteiger partial charge in [0.15, 0.2) is 0 Å². The first kappa shape index (κ1) is 16.1. The van der Waals surface area contributed by atoms with E-state index in [1.165, 1.54) is 28.8 Å². The fourth-order valence-corrected chi connectivity index (χ4v) is 7.17. The van der Waals surface area contributed by atoms with Crippen molar-refractivity contribution in [3.05, 3.63) is 82.7 Å². The lowest BCUT2D eigenvalue weighted by Gasteiger charge is -2.61. The highest BCUT2D eigenvalue weighted by atomic mass is 79.9. The van der Waals surface area contributed by atoms with Crippen LogP contribution in [0.1, 0.15) is 47.3 Å². The van der Waals surface area contributed by atoms with Gasteiger partial charge in [-0.25, -0.2) is 4.39 Å². The monoisotopic (exact) mass is 424 g/mol. The summed E-state index contributed by atoms with van der Waals surface area (Å²) in [6.07, 6.45) is 3.92. The van der Waals surface area contributed by atoms with E-state index in [0.29, 0.717) is 0 Å². The van der Waals surface area contributed by atoms with Gasteiger partial charge in [-0.3, -0.25) is 4.79 Å². The molecule has 0 unspecified atom stereocenters. The Kier molecular flexibility index (Phi) is 3.16. The Hall–Kier alpha value is -1.94. The molecule has 0 aromatic heterocycles. The van der Waals surface area contributed by atoms with E-state index in [2.05, 4.69) is 46.3 Å². The lowest BCUT2D eigenvalue weighted by atomic mass is 9.49. The minimum Gasteiger partial charge on any atom is -0.457 e. The second kappa shape index (κ2) is 5.32. The smallest absolute Gasteiger partial charge is 0.324 e. The molecule has 3 aliphatic carbocycles. The summed E-state index contributed by atoms with van der Waals surface area (Å²) in [6, 6.07) is 15.4. The van der Waals surface area contributed by atoms with Gasteiger partial charge in [-0.1, -0.05) is 58.4 Å². The summed E-state index contributed by atoms with van der Waals surface area (Å²) in [5.74, 6) is 0.324. The van der Waals surface area contributed by atoms with Gasteiger partial charge < -0.3 is 4.74 Å². The van der Waals surface area contributed by atoms with E-state index in [0.717, 1.165) is 18.4 Å². The summed E-state index contributed by atoms with van der Waals surface area (Å²) in [7, 11) is 0. The van der Waals surface area contributed by atoms with Gasteiger partial charge in [0.05, 0.1) is 0 Å². The number of halogens is 2. The molecular weight excluding hydrogens is 407 g/mol. The first-order chi connectivity index (χ1) is 13.1. The van der Waals surface area contributed by atoms with E-state index in [-0.39, 0.29) is 41.6 Å². The van der Waals surface area contributed by atoms with Crippen LogP contribution in [0, 0.1) is 11.7 Å². The normalized spacial score (nSPS) is 38.1. The zero-order chi connectivity index (χ0) is 18.3. The van der Waals surface area contributed by atoms with E-state index in [4.69, 9.17) is 4.74 Å². The fourth-order valence-electron chi connectivity index (χ4n) is 6.09. The zero-order valence-corrected chi connectivity index (χ0v) is 16.2. The number of carbonyl (C=O) groups is 1. The molecule has 0 spiro atoms. The highest BCUT2D eigenvalue weighted by molar-refractivity contribution is 9.10. The van der Waals surface area contributed by atoms with Crippen LogP contribution in [0.25, 0.3) is 0 Å². The summed E-state index contributed by atoms with van der Waals surface area (Å²) in [4.78, 5) is 13.0. The van der Waals surface area contributed by atoms with Gasteiger partial charge in [0.2, 0.25) is 0 Å². The van der Waals surface area contributed by atoms with Crippen molar-refractivity contribution >= 4 is 21.9 Å². The van der Waals surface area contributed by atoms with Crippen LogP contribution in [-0.2, 0) is 9.53 Å². The van der Waals surface area contributed by atoms with Crippen molar-refractivity contribution in [2.24, 2.45) is 5.92 Å². The van der Waals surface area contributed by atoms with Crippen molar-refractivity contribution in [3.63, 3.8) is 0 Å². The molecule has 2 nitrogen and oxygen atoms in total. The SMILES string of the molecule is O=C1O[C@H]2C[C@@H]3c4ccccc4[C@@H]4[C@@H](c5ccc(F)cc5)CC=C2[C@@H]4[C@]13Br. The maximum atomic E-state index is 13.5. The summed E-state index contributed by atoms with van der Waals surface area (Å²) < 4.78 is 18.6. The lowest BCUT2D eigenvalue weighted by Crippen LogP contribution is -2.64. The molecule has 0 radical (unpaired) electrons. The predicted octanol–water partition coefficient (Wildman–Crippen LogP) is 5.20. The molecule has 2 aromatic carbocycles. The van der Waals surface area contributed by atoms with Crippen molar-refractivity contribution in [1.29, 1.82) is 0 Å². The molecule has 136 valence electrons. The summed E-state index contributed by atoms with van der Waals surface area (Å²) in [6.45, 7) is 0. The van der Waals surface area contributed by atoms with Gasteiger partial charge in [0.25, 0.3) is 0 Å². The molecule has 0 amide bonds. The van der Waals surface area contributed by atoms with Gasteiger partial charge in [-0.05, 0) is 59.1 Å². The topological polar surface area (TPSA) is 26.3 Å². The molecule has 4 heteroatoms. The standard InChI is InChI=1S/C23H18BrFO2/c24-23-18-11-19(27-22(23)26)17-10-9-14(12-5-7-13(25)8-6-12)20(21(17)23)16-4-2-1-3-15(16)18/h1-8,10,14,18-21H,9,11H2/t14-,18-,19+,20+,21+,23+/m1/s1. The minimum absolute atomic E-state index is 0.0983. The Labute approximate surface area is 165 Å². The van der Waals surface area contributed by atoms with Crippen LogP contribution in [0.15, 0.2) is 60.2 Å². The first-order valence-corrected chi connectivity index (χ1v) is 10.3. The van der Waals surface area contributed by atoms with Crippen LogP contribution in [0.3, 0.4) is 0 Å². The number of fused-ring (bicyclic) bond motifs is 3. The number of hydrogen-bond acceptors (Lipinski definition) is 2. The van der Waals surface area contributed by atoms with E-state index in [1.807, 2.05) is 12.1 Å². The molecule has 27 heavy (non-hydrogen) atoms. The molecule has 1 saturated carbocycles. The van der Waals surface area contributed by atoms with Gasteiger partial charge in [-0.15, -0.1) is 0 Å². The molecule has 2 aromatic rings. The van der Waals surface area contributed by atoms with E-state index in [9.17, 15) is 9.18 Å². The quantitative estimate of drug-likeness (QED) is 0.357. The first-order valence-electron chi connectivity index (χ1n) is 9.53. The predicted molar refractivity (Wildman–Crippen MR) is 103 cm³/mol. The summed E-state index contributed by atoms with van der Waals surface area (Å²) in [5, 5.41) is 0. The number of benzene rings is 2. The largest absolute Gasteiger partial charge is 0.457 e. The Balaban J connectivity index is 1.61. The third kappa shape index (κ3) is 1.92. The number of esters is 1. The van der Waals surface area contributed by atoms with Crippen molar-refractivity contribution in [2.75, 3.05) is 0 Å². The molecule has 6 atom stereocenters. The second-order valence-corrected chi connectivity index (χ2v) is 9.49. The molecule has 2 aliphatic heterocycles. The van der Waals surface area contributed by atoms with Crippen LogP contribution < -0.4 is 0 Å². The van der Waals surface area contributed by atoms with Crippen molar-refractivity contribution in [2.45, 2.75) is 41.0 Å². The molecule has 2 saturated heterocycles. The number of allylic oxidation sites excluding steroid dienone is 1. The van der Waals surface area contributed by atoms with Crippen LogP contribution >= 0.6 is 15.9 Å². The fraction of sp³-hybridized carbons (Fsp3) is 0.348. The molecule has 3 fully saturated rings. The van der Waals surface area contributed by atoms with Gasteiger partial charge >= 0.3 is 5.97 Å². The average Bonchev–Trinajstić information content (AvgIpc) is 2.68. The van der Waals surface area contributed by atoms with E-state index >= 15 is 0 Å². The molecule has 7 rings (SSSR count). The maximum absolute atomic E-state index is 13.5. The lowest BCUT2D eigenvalue weighted by molar-refractivity contribution is -0.166. The Morgan fingerprint density at radius 2 is 1.81 bits per heavy atom. The number of alkyl halides is 1. The van der Waals surface area contributed by atoms with Crippen LogP contribution in [0.4, 0.5) is 4.39 Å². The van der Waals surface area contributed by atoms with Gasteiger partial charge in [-0.2, -0.15) is 0 Å². The van der Waals surface area contributed by atoms with Crippen LogP contribution in [0.2, 0.25) is 0 Å². The van der Waals surface area contributed by atoms with Gasteiger partial charge in [0.1, 0.15) is 16.2 Å². The molecule has 0 N–H and O–H groups in total. The van der Waals surface area contributed by atoms with Crippen LogP contribution in [0.5, 0.6) is 0 Å².